The van der Waals surface area contributed by atoms with Crippen LogP contribution in [0.3, 0.4) is 0 Å². The van der Waals surface area contributed by atoms with Gasteiger partial charge in [0.2, 0.25) is 5.91 Å². The lowest BCUT2D eigenvalue weighted by atomic mass is 10.1. The fourth-order valence-corrected chi connectivity index (χ4v) is 4.05. The molecule has 21 heavy (non-hydrogen) atoms. The Bertz CT molecular complexity index is 633. The van der Waals surface area contributed by atoms with Crippen LogP contribution in [0.4, 0.5) is 0 Å². The summed E-state index contributed by atoms with van der Waals surface area (Å²) in [5, 5.41) is 0. The first-order chi connectivity index (χ1) is 10.3. The summed E-state index contributed by atoms with van der Waals surface area (Å²) in [7, 11) is 0. The van der Waals surface area contributed by atoms with E-state index in [0.29, 0.717) is 5.75 Å². The smallest absolute Gasteiger partial charge is 0.248 e. The molecule has 110 valence electrons. The molecule has 1 aromatic carbocycles. The normalized spacial score (nSPS) is 14.8. The number of carbonyl (C=O) groups is 1. The van der Waals surface area contributed by atoms with Crippen LogP contribution in [0.1, 0.15) is 25.7 Å². The number of hydrazine groups is 1. The molecular weight excluding hydrogens is 302 g/mol. The molecule has 2 aromatic rings. The van der Waals surface area contributed by atoms with E-state index in [1.807, 2.05) is 24.3 Å². The van der Waals surface area contributed by atoms with E-state index in [1.54, 1.807) is 11.3 Å². The minimum Gasteiger partial charge on any atom is -0.303 e. The van der Waals surface area contributed by atoms with E-state index in [4.69, 9.17) is 0 Å². The molecule has 0 aliphatic heterocycles. The van der Waals surface area contributed by atoms with E-state index < -0.39 is 0 Å². The first-order valence-corrected chi connectivity index (χ1v) is 8.84. The number of fused-ring (bicyclic) bond motifs is 1. The second-order valence-electron chi connectivity index (χ2n) is 4.88. The van der Waals surface area contributed by atoms with Crippen molar-refractivity contribution < 1.29 is 4.79 Å². The third kappa shape index (κ3) is 3.98. The molecule has 0 fully saturated rings. The summed E-state index contributed by atoms with van der Waals surface area (Å²) in [6.45, 7) is 0. The number of thiazole rings is 1. The molecule has 1 aromatic heterocycles. The Morgan fingerprint density at radius 2 is 2.24 bits per heavy atom. The van der Waals surface area contributed by atoms with Crippen LogP contribution >= 0.6 is 23.1 Å². The second-order valence-corrected chi connectivity index (χ2v) is 7.14. The molecule has 0 spiro atoms. The van der Waals surface area contributed by atoms with Gasteiger partial charge in [-0.1, -0.05) is 30.0 Å². The summed E-state index contributed by atoms with van der Waals surface area (Å²) >= 11 is 3.10. The number of allylic oxidation sites excluding steroid dienone is 2. The summed E-state index contributed by atoms with van der Waals surface area (Å²) in [6.07, 6.45) is 6.70. The van der Waals surface area contributed by atoms with E-state index in [-0.39, 0.29) is 5.91 Å². The molecule has 0 atom stereocenters. The van der Waals surface area contributed by atoms with Crippen LogP contribution in [-0.2, 0) is 4.79 Å². The highest BCUT2D eigenvalue weighted by Gasteiger charge is 2.08. The Morgan fingerprint density at radius 1 is 1.33 bits per heavy atom. The predicted octanol–water partition coefficient (Wildman–Crippen LogP) is 3.47. The van der Waals surface area contributed by atoms with E-state index in [0.717, 1.165) is 33.1 Å². The number of aromatic nitrogens is 1. The fourth-order valence-electron chi connectivity index (χ4n) is 2.18. The Balaban J connectivity index is 1.47. The first kappa shape index (κ1) is 14.4. The molecule has 3 rings (SSSR count). The van der Waals surface area contributed by atoms with Gasteiger partial charge in [0.15, 0.2) is 4.34 Å². The third-order valence-corrected chi connectivity index (χ3v) is 5.43. The molecule has 4 nitrogen and oxygen atoms in total. The van der Waals surface area contributed by atoms with Crippen molar-refractivity contribution in [2.45, 2.75) is 30.0 Å². The van der Waals surface area contributed by atoms with Gasteiger partial charge in [-0.15, -0.1) is 11.3 Å². The highest BCUT2D eigenvalue weighted by Crippen LogP contribution is 2.28. The van der Waals surface area contributed by atoms with Gasteiger partial charge < -0.3 is 5.43 Å². The van der Waals surface area contributed by atoms with Gasteiger partial charge in [0, 0.05) is 5.70 Å². The quantitative estimate of drug-likeness (QED) is 0.654. The largest absolute Gasteiger partial charge is 0.303 e. The average molecular weight is 319 g/mol. The molecule has 6 heteroatoms. The number of nitrogens with zero attached hydrogens (tertiary/aromatic N) is 1. The zero-order valence-electron chi connectivity index (χ0n) is 11.6. The zero-order chi connectivity index (χ0) is 14.5. The van der Waals surface area contributed by atoms with Crippen molar-refractivity contribution in [1.29, 1.82) is 0 Å². The van der Waals surface area contributed by atoms with Gasteiger partial charge in [-0.3, -0.25) is 10.2 Å². The van der Waals surface area contributed by atoms with Crippen molar-refractivity contribution in [1.82, 2.24) is 15.8 Å². The highest BCUT2D eigenvalue weighted by atomic mass is 32.2. The molecule has 0 saturated heterocycles. The van der Waals surface area contributed by atoms with Gasteiger partial charge >= 0.3 is 0 Å². The molecular formula is C15H17N3OS2. The molecule has 0 bridgehead atoms. The molecule has 1 amide bonds. The van der Waals surface area contributed by atoms with E-state index in [9.17, 15) is 4.79 Å². The van der Waals surface area contributed by atoms with E-state index >= 15 is 0 Å². The van der Waals surface area contributed by atoms with Crippen LogP contribution in [0.25, 0.3) is 10.2 Å². The molecule has 2 N–H and O–H groups in total. The minimum absolute atomic E-state index is 0.0225. The number of benzene rings is 1. The Hall–Kier alpha value is -1.53. The summed E-state index contributed by atoms with van der Waals surface area (Å²) in [6, 6.07) is 8.02. The summed E-state index contributed by atoms with van der Waals surface area (Å²) in [5.74, 6) is 0.353. The van der Waals surface area contributed by atoms with Gasteiger partial charge in [-0.05, 0) is 37.8 Å². The standard InChI is InChI=1S/C15H17N3OS2/c19-14(18-17-11-6-2-1-3-7-11)10-20-15-16-12-8-4-5-9-13(12)21-15/h4-6,8-9,17H,1-3,7,10H2,(H,18,19). The van der Waals surface area contributed by atoms with E-state index in [1.165, 1.54) is 24.6 Å². The maximum atomic E-state index is 11.8. The number of thioether (sulfide) groups is 1. The third-order valence-electron chi connectivity index (χ3n) is 3.25. The van der Waals surface area contributed by atoms with Gasteiger partial charge in [0.1, 0.15) is 0 Å². The number of nitrogens with one attached hydrogen (secondary N) is 2. The van der Waals surface area contributed by atoms with Crippen molar-refractivity contribution in [3.8, 4) is 0 Å². The monoisotopic (exact) mass is 319 g/mol. The minimum atomic E-state index is -0.0225. The van der Waals surface area contributed by atoms with Gasteiger partial charge in [-0.25, -0.2) is 4.98 Å². The van der Waals surface area contributed by atoms with Crippen LogP contribution in [0.2, 0.25) is 0 Å². The zero-order valence-corrected chi connectivity index (χ0v) is 13.2. The molecule has 0 radical (unpaired) electrons. The number of rotatable bonds is 5. The van der Waals surface area contributed by atoms with E-state index in [2.05, 4.69) is 21.9 Å². The van der Waals surface area contributed by atoms with Gasteiger partial charge in [0.05, 0.1) is 16.0 Å². The van der Waals surface area contributed by atoms with Crippen LogP contribution in [0, 0.1) is 0 Å². The molecule has 1 aliphatic rings. The Kier molecular flexibility index (Phi) is 4.77. The number of amides is 1. The molecule has 1 heterocycles. The Labute approximate surface area is 132 Å². The van der Waals surface area contributed by atoms with Crippen molar-refractivity contribution in [2.75, 3.05) is 5.75 Å². The summed E-state index contributed by atoms with van der Waals surface area (Å²) < 4.78 is 2.09. The summed E-state index contributed by atoms with van der Waals surface area (Å²) in [4.78, 5) is 16.3. The molecule has 0 unspecified atom stereocenters. The molecule has 1 aliphatic carbocycles. The van der Waals surface area contributed by atoms with Crippen LogP contribution in [-0.4, -0.2) is 16.6 Å². The number of para-hydroxylation sites is 1. The lowest BCUT2D eigenvalue weighted by molar-refractivity contribution is -0.119. The summed E-state index contributed by atoms with van der Waals surface area (Å²) in [5.41, 5.74) is 7.89. The van der Waals surface area contributed by atoms with Crippen LogP contribution < -0.4 is 10.9 Å². The van der Waals surface area contributed by atoms with Crippen molar-refractivity contribution in [2.24, 2.45) is 0 Å². The fraction of sp³-hybridized carbons (Fsp3) is 0.333. The second kappa shape index (κ2) is 6.95. The Morgan fingerprint density at radius 3 is 3.05 bits per heavy atom. The van der Waals surface area contributed by atoms with Crippen molar-refractivity contribution in [3.63, 3.8) is 0 Å². The maximum Gasteiger partial charge on any atom is 0.248 e. The topological polar surface area (TPSA) is 54.0 Å². The number of hydrogen-bond acceptors (Lipinski definition) is 5. The average Bonchev–Trinajstić information content (AvgIpc) is 2.95. The van der Waals surface area contributed by atoms with Gasteiger partial charge in [-0.2, -0.15) is 0 Å². The number of hydrogen-bond donors (Lipinski definition) is 2. The van der Waals surface area contributed by atoms with Crippen LogP contribution in [0.5, 0.6) is 0 Å². The lowest BCUT2D eigenvalue weighted by Gasteiger charge is -2.15. The SMILES string of the molecule is O=C(CSc1nc2ccccc2s1)NNC1=CCCCC1. The lowest BCUT2D eigenvalue weighted by Crippen LogP contribution is -2.38. The van der Waals surface area contributed by atoms with Crippen molar-refractivity contribution >= 4 is 39.2 Å². The van der Waals surface area contributed by atoms with Crippen LogP contribution in [0.15, 0.2) is 40.4 Å². The maximum absolute atomic E-state index is 11.8. The van der Waals surface area contributed by atoms with Gasteiger partial charge in [0.25, 0.3) is 0 Å². The first-order valence-electron chi connectivity index (χ1n) is 7.03. The number of carbonyl (C=O) groups excluding carboxylic acids is 1. The highest BCUT2D eigenvalue weighted by molar-refractivity contribution is 8.01. The molecule has 0 saturated carbocycles. The van der Waals surface area contributed by atoms with Crippen molar-refractivity contribution in [3.05, 3.63) is 36.0 Å². The predicted molar refractivity (Wildman–Crippen MR) is 88.2 cm³/mol.